The summed E-state index contributed by atoms with van der Waals surface area (Å²) in [6.07, 6.45) is 0. The van der Waals surface area contributed by atoms with Crippen LogP contribution in [0.15, 0.2) is 65.2 Å². The largest absolute Gasteiger partial charge is 0.361 e. The first-order valence-electron chi connectivity index (χ1n) is 7.49. The van der Waals surface area contributed by atoms with Crippen LogP contribution in [-0.4, -0.2) is 11.1 Å². The van der Waals surface area contributed by atoms with Crippen LogP contribution >= 0.6 is 0 Å². The Labute approximate surface area is 135 Å². The molecule has 0 saturated carbocycles. The molecule has 23 heavy (non-hydrogen) atoms. The number of aromatic nitrogens is 1. The number of nitrogens with zero attached hydrogens (tertiary/aromatic N) is 1. The van der Waals surface area contributed by atoms with E-state index in [1.54, 1.807) is 13.0 Å². The summed E-state index contributed by atoms with van der Waals surface area (Å²) in [5.41, 5.74) is 3.51. The number of carbonyl (C=O) groups is 1. The predicted octanol–water partition coefficient (Wildman–Crippen LogP) is 3.81. The molecule has 3 aromatic rings. The van der Waals surface area contributed by atoms with Crippen molar-refractivity contribution in [3.8, 4) is 0 Å². The van der Waals surface area contributed by atoms with Crippen LogP contribution in [0.4, 0.5) is 0 Å². The number of carbonyl (C=O) groups excluding carboxylic acids is 1. The van der Waals surface area contributed by atoms with Gasteiger partial charge in [-0.2, -0.15) is 0 Å². The molecule has 1 heterocycles. The summed E-state index contributed by atoms with van der Waals surface area (Å²) in [6, 6.07) is 19.4. The highest BCUT2D eigenvalue weighted by molar-refractivity contribution is 5.92. The van der Waals surface area contributed by atoms with Gasteiger partial charge < -0.3 is 9.84 Å². The second kappa shape index (κ2) is 6.48. The highest BCUT2D eigenvalue weighted by atomic mass is 16.5. The maximum Gasteiger partial charge on any atom is 0.274 e. The summed E-state index contributed by atoms with van der Waals surface area (Å²) in [4.78, 5) is 12.4. The lowest BCUT2D eigenvalue weighted by Gasteiger charge is -2.19. The normalized spacial score (nSPS) is 11.9. The van der Waals surface area contributed by atoms with E-state index >= 15 is 0 Å². The summed E-state index contributed by atoms with van der Waals surface area (Å²) >= 11 is 0. The molecule has 0 saturated heterocycles. The van der Waals surface area contributed by atoms with E-state index in [2.05, 4.69) is 10.5 Å². The van der Waals surface area contributed by atoms with E-state index in [1.165, 1.54) is 5.56 Å². The topological polar surface area (TPSA) is 55.1 Å². The van der Waals surface area contributed by atoms with Gasteiger partial charge in [-0.1, -0.05) is 65.3 Å². The maximum atomic E-state index is 12.4. The number of amides is 1. The van der Waals surface area contributed by atoms with Crippen molar-refractivity contribution in [3.63, 3.8) is 0 Å². The van der Waals surface area contributed by atoms with Gasteiger partial charge in [0.05, 0.1) is 6.04 Å². The Morgan fingerprint density at radius 1 is 1.00 bits per heavy atom. The van der Waals surface area contributed by atoms with Crippen molar-refractivity contribution in [2.45, 2.75) is 19.9 Å². The SMILES string of the molecule is Cc1ccc([C@@H](NC(=O)c2cc(C)on2)c2ccccc2)cc1. The Bertz CT molecular complexity index is 792. The van der Waals surface area contributed by atoms with Crippen LogP contribution in [-0.2, 0) is 0 Å². The quantitative estimate of drug-likeness (QED) is 0.797. The minimum absolute atomic E-state index is 0.235. The number of hydrogen-bond acceptors (Lipinski definition) is 3. The van der Waals surface area contributed by atoms with Crippen LogP contribution < -0.4 is 5.32 Å². The summed E-state index contributed by atoms with van der Waals surface area (Å²) in [7, 11) is 0. The molecule has 0 aliphatic heterocycles. The zero-order valence-electron chi connectivity index (χ0n) is 13.1. The zero-order valence-corrected chi connectivity index (χ0v) is 13.1. The fourth-order valence-electron chi connectivity index (χ4n) is 2.44. The molecule has 1 amide bonds. The Morgan fingerprint density at radius 2 is 1.65 bits per heavy atom. The first-order valence-corrected chi connectivity index (χ1v) is 7.49. The van der Waals surface area contributed by atoms with Gasteiger partial charge in [0.1, 0.15) is 5.76 Å². The first-order chi connectivity index (χ1) is 11.1. The second-order valence-corrected chi connectivity index (χ2v) is 5.55. The van der Waals surface area contributed by atoms with Crippen molar-refractivity contribution in [1.29, 1.82) is 0 Å². The molecule has 4 nitrogen and oxygen atoms in total. The highest BCUT2D eigenvalue weighted by Crippen LogP contribution is 2.23. The number of benzene rings is 2. The summed E-state index contributed by atoms with van der Waals surface area (Å²) in [6.45, 7) is 3.80. The first kappa shape index (κ1) is 15.0. The van der Waals surface area contributed by atoms with E-state index in [9.17, 15) is 4.79 Å². The third kappa shape index (κ3) is 3.48. The fraction of sp³-hybridized carbons (Fsp3) is 0.158. The average Bonchev–Trinajstić information content (AvgIpc) is 3.01. The summed E-state index contributed by atoms with van der Waals surface area (Å²) in [5.74, 6) is 0.359. The highest BCUT2D eigenvalue weighted by Gasteiger charge is 2.19. The Balaban J connectivity index is 1.92. The molecule has 1 atom stereocenters. The monoisotopic (exact) mass is 306 g/mol. The summed E-state index contributed by atoms with van der Waals surface area (Å²) < 4.78 is 4.98. The summed E-state index contributed by atoms with van der Waals surface area (Å²) in [5, 5.41) is 6.82. The van der Waals surface area contributed by atoms with E-state index in [0.29, 0.717) is 5.76 Å². The second-order valence-electron chi connectivity index (χ2n) is 5.55. The molecular weight excluding hydrogens is 288 g/mol. The molecule has 0 bridgehead atoms. The fourth-order valence-corrected chi connectivity index (χ4v) is 2.44. The van der Waals surface area contributed by atoms with Gasteiger partial charge in [0.25, 0.3) is 5.91 Å². The molecule has 1 N–H and O–H groups in total. The maximum absolute atomic E-state index is 12.4. The third-order valence-electron chi connectivity index (χ3n) is 3.68. The van der Waals surface area contributed by atoms with Crippen molar-refractivity contribution >= 4 is 5.91 Å². The Morgan fingerprint density at radius 3 is 2.26 bits per heavy atom. The standard InChI is InChI=1S/C19H18N2O2/c1-13-8-10-16(11-9-13)18(15-6-4-3-5-7-15)20-19(22)17-12-14(2)23-21-17/h3-12,18H,1-2H3,(H,20,22)/t18-/m0/s1. The van der Waals surface area contributed by atoms with E-state index in [1.807, 2.05) is 61.5 Å². The smallest absolute Gasteiger partial charge is 0.274 e. The number of rotatable bonds is 4. The van der Waals surface area contributed by atoms with Gasteiger partial charge in [-0.05, 0) is 25.0 Å². The van der Waals surface area contributed by atoms with Crippen LogP contribution in [0.25, 0.3) is 0 Å². The van der Waals surface area contributed by atoms with Crippen LogP contribution in [0, 0.1) is 13.8 Å². The van der Waals surface area contributed by atoms with E-state index < -0.39 is 0 Å². The van der Waals surface area contributed by atoms with Gasteiger partial charge in [0.15, 0.2) is 5.69 Å². The van der Waals surface area contributed by atoms with E-state index in [-0.39, 0.29) is 17.6 Å². The van der Waals surface area contributed by atoms with E-state index in [0.717, 1.165) is 11.1 Å². The lowest BCUT2D eigenvalue weighted by atomic mass is 9.97. The van der Waals surface area contributed by atoms with Gasteiger partial charge >= 0.3 is 0 Å². The molecule has 4 heteroatoms. The number of hydrogen-bond donors (Lipinski definition) is 1. The number of nitrogens with one attached hydrogen (secondary N) is 1. The van der Waals surface area contributed by atoms with Gasteiger partial charge in [0, 0.05) is 6.07 Å². The molecule has 0 spiro atoms. The lowest BCUT2D eigenvalue weighted by Crippen LogP contribution is -2.29. The molecule has 0 unspecified atom stereocenters. The molecule has 2 aromatic carbocycles. The molecular formula is C19H18N2O2. The minimum Gasteiger partial charge on any atom is -0.361 e. The van der Waals surface area contributed by atoms with Crippen LogP contribution in [0.5, 0.6) is 0 Å². The van der Waals surface area contributed by atoms with Crippen molar-refractivity contribution < 1.29 is 9.32 Å². The van der Waals surface area contributed by atoms with Crippen molar-refractivity contribution in [2.75, 3.05) is 0 Å². The molecule has 0 aliphatic carbocycles. The van der Waals surface area contributed by atoms with Gasteiger partial charge in [-0.25, -0.2) is 0 Å². The Hall–Kier alpha value is -2.88. The van der Waals surface area contributed by atoms with Gasteiger partial charge in [-0.3, -0.25) is 4.79 Å². The molecule has 116 valence electrons. The number of aryl methyl sites for hydroxylation is 2. The van der Waals surface area contributed by atoms with E-state index in [4.69, 9.17) is 4.52 Å². The van der Waals surface area contributed by atoms with Gasteiger partial charge in [-0.15, -0.1) is 0 Å². The average molecular weight is 306 g/mol. The van der Waals surface area contributed by atoms with Crippen LogP contribution in [0.3, 0.4) is 0 Å². The third-order valence-corrected chi connectivity index (χ3v) is 3.68. The molecule has 0 fully saturated rings. The molecule has 0 aliphatic rings. The molecule has 0 radical (unpaired) electrons. The molecule has 3 rings (SSSR count). The Kier molecular flexibility index (Phi) is 4.24. The predicted molar refractivity (Wildman–Crippen MR) is 88.2 cm³/mol. The van der Waals surface area contributed by atoms with Crippen molar-refractivity contribution in [1.82, 2.24) is 10.5 Å². The lowest BCUT2D eigenvalue weighted by molar-refractivity contribution is 0.0934. The zero-order chi connectivity index (χ0) is 16.2. The minimum atomic E-state index is -0.253. The van der Waals surface area contributed by atoms with Crippen LogP contribution in [0.1, 0.15) is 39.0 Å². The van der Waals surface area contributed by atoms with Crippen molar-refractivity contribution in [2.24, 2.45) is 0 Å². The molecule has 1 aromatic heterocycles. The van der Waals surface area contributed by atoms with Gasteiger partial charge in [0.2, 0.25) is 0 Å². The van der Waals surface area contributed by atoms with Crippen LogP contribution in [0.2, 0.25) is 0 Å². The van der Waals surface area contributed by atoms with Crippen molar-refractivity contribution in [3.05, 3.63) is 88.8 Å².